The topological polar surface area (TPSA) is 67.9 Å². The molecule has 0 saturated carbocycles. The Kier molecular flexibility index (Phi) is 3.45. The van der Waals surface area contributed by atoms with Gasteiger partial charge >= 0.3 is 12.0 Å². The van der Waals surface area contributed by atoms with Crippen molar-refractivity contribution in [2.24, 2.45) is 0 Å². The van der Waals surface area contributed by atoms with E-state index in [9.17, 15) is 9.59 Å². The number of esters is 1. The summed E-state index contributed by atoms with van der Waals surface area (Å²) < 4.78 is 10.6. The molecule has 2 aliphatic rings. The predicted octanol–water partition coefficient (Wildman–Crippen LogP) is 2.31. The first-order chi connectivity index (χ1) is 10.1. The Bertz CT molecular complexity index is 587. The fourth-order valence-corrected chi connectivity index (χ4v) is 3.06. The number of rotatable bonds is 2. The van der Waals surface area contributed by atoms with Gasteiger partial charge in [-0.1, -0.05) is 0 Å². The van der Waals surface area contributed by atoms with Crippen LogP contribution in [0.2, 0.25) is 0 Å². The Morgan fingerprint density at radius 1 is 1.43 bits per heavy atom. The third-order valence-corrected chi connectivity index (χ3v) is 4.01. The van der Waals surface area contributed by atoms with Crippen LogP contribution in [0.1, 0.15) is 31.4 Å². The zero-order valence-electron chi connectivity index (χ0n) is 12.1. The molecule has 0 spiro atoms. The van der Waals surface area contributed by atoms with E-state index in [0.717, 1.165) is 17.0 Å². The maximum Gasteiger partial charge on any atom is 0.322 e. The van der Waals surface area contributed by atoms with Gasteiger partial charge in [-0.2, -0.15) is 0 Å². The number of hydrogen-bond donors (Lipinski definition) is 1. The average molecular weight is 290 g/mol. The lowest BCUT2D eigenvalue weighted by Crippen LogP contribution is -2.48. The van der Waals surface area contributed by atoms with Crippen LogP contribution in [0.3, 0.4) is 0 Å². The second-order valence-corrected chi connectivity index (χ2v) is 5.35. The van der Waals surface area contributed by atoms with Crippen molar-refractivity contribution >= 4 is 17.7 Å². The molecule has 112 valence electrons. The van der Waals surface area contributed by atoms with Crippen molar-refractivity contribution in [3.8, 4) is 5.75 Å². The van der Waals surface area contributed by atoms with Gasteiger partial charge in [0.2, 0.25) is 0 Å². The van der Waals surface area contributed by atoms with Crippen molar-refractivity contribution in [2.75, 3.05) is 19.0 Å². The van der Waals surface area contributed by atoms with Crippen LogP contribution in [0.15, 0.2) is 18.2 Å². The first-order valence-corrected chi connectivity index (χ1v) is 7.01. The van der Waals surface area contributed by atoms with Crippen LogP contribution in [0.5, 0.6) is 5.75 Å². The average Bonchev–Trinajstić information content (AvgIpc) is 2.46. The van der Waals surface area contributed by atoms with E-state index in [4.69, 9.17) is 9.47 Å². The number of fused-ring (bicyclic) bond motifs is 3. The highest BCUT2D eigenvalue weighted by Crippen LogP contribution is 2.41. The van der Waals surface area contributed by atoms with Crippen LogP contribution < -0.4 is 10.1 Å². The van der Waals surface area contributed by atoms with E-state index < -0.39 is 0 Å². The highest BCUT2D eigenvalue weighted by atomic mass is 16.5. The number of nitrogens with one attached hydrogen (secondary N) is 1. The zero-order chi connectivity index (χ0) is 15.0. The van der Waals surface area contributed by atoms with Crippen LogP contribution in [-0.2, 0) is 9.53 Å². The molecule has 0 aliphatic carbocycles. The van der Waals surface area contributed by atoms with Gasteiger partial charge in [0.1, 0.15) is 11.9 Å². The van der Waals surface area contributed by atoms with Crippen molar-refractivity contribution in [2.45, 2.75) is 31.9 Å². The quantitative estimate of drug-likeness (QED) is 0.849. The molecule has 0 bridgehead atoms. The van der Waals surface area contributed by atoms with Crippen LogP contribution in [0, 0.1) is 0 Å². The van der Waals surface area contributed by atoms with Crippen molar-refractivity contribution in [1.82, 2.24) is 4.90 Å². The Morgan fingerprint density at radius 3 is 2.95 bits per heavy atom. The minimum atomic E-state index is -0.278. The largest absolute Gasteiger partial charge is 0.497 e. The maximum atomic E-state index is 12.2. The van der Waals surface area contributed by atoms with Gasteiger partial charge in [0.05, 0.1) is 13.2 Å². The SMILES string of the molecule is COc1ccc2c(c1)[C@@H]1CC(OC(C)=O)CCN1C(=O)N2. The van der Waals surface area contributed by atoms with Crippen LogP contribution >= 0.6 is 0 Å². The number of carbonyl (C=O) groups is 2. The Morgan fingerprint density at radius 2 is 2.24 bits per heavy atom. The van der Waals surface area contributed by atoms with Gasteiger partial charge in [0, 0.05) is 37.6 Å². The number of anilines is 1. The fourth-order valence-electron chi connectivity index (χ4n) is 3.06. The summed E-state index contributed by atoms with van der Waals surface area (Å²) in [6, 6.07) is 5.42. The number of methoxy groups -OCH3 is 1. The van der Waals surface area contributed by atoms with Crippen LogP contribution in [0.4, 0.5) is 10.5 Å². The molecule has 0 radical (unpaired) electrons. The van der Waals surface area contributed by atoms with E-state index >= 15 is 0 Å². The number of carbonyl (C=O) groups excluding carboxylic acids is 2. The number of hydrogen-bond acceptors (Lipinski definition) is 4. The molecule has 1 aromatic rings. The first-order valence-electron chi connectivity index (χ1n) is 7.01. The van der Waals surface area contributed by atoms with Gasteiger partial charge in [-0.25, -0.2) is 4.79 Å². The molecule has 6 nitrogen and oxygen atoms in total. The number of piperidine rings is 1. The molecular weight excluding hydrogens is 272 g/mol. The molecule has 0 aromatic heterocycles. The lowest BCUT2D eigenvalue weighted by atomic mass is 9.90. The monoisotopic (exact) mass is 290 g/mol. The Hall–Kier alpha value is -2.24. The van der Waals surface area contributed by atoms with Crippen LogP contribution in [-0.4, -0.2) is 36.7 Å². The van der Waals surface area contributed by atoms with Crippen LogP contribution in [0.25, 0.3) is 0 Å². The van der Waals surface area contributed by atoms with E-state index in [0.29, 0.717) is 19.4 Å². The van der Waals surface area contributed by atoms with Crippen molar-refractivity contribution in [3.63, 3.8) is 0 Å². The van der Waals surface area contributed by atoms with Gasteiger partial charge in [-0.15, -0.1) is 0 Å². The van der Waals surface area contributed by atoms with Crippen molar-refractivity contribution < 1.29 is 19.1 Å². The molecule has 6 heteroatoms. The summed E-state index contributed by atoms with van der Waals surface area (Å²) in [5.41, 5.74) is 1.80. The number of ether oxygens (including phenoxy) is 2. The standard InChI is InChI=1S/C15H18N2O4/c1-9(18)21-11-5-6-17-14(8-11)12-7-10(20-2)3-4-13(12)16-15(17)19/h3-4,7,11,14H,5-6,8H2,1-2H3,(H,16,19)/t11?,14-/m0/s1. The molecule has 2 amide bonds. The number of benzene rings is 1. The number of amides is 2. The minimum absolute atomic E-state index is 0.0815. The van der Waals surface area contributed by atoms with E-state index in [2.05, 4.69) is 5.32 Å². The summed E-state index contributed by atoms with van der Waals surface area (Å²) in [7, 11) is 1.61. The summed E-state index contributed by atoms with van der Waals surface area (Å²) in [5.74, 6) is 0.471. The third kappa shape index (κ3) is 2.53. The van der Waals surface area contributed by atoms with E-state index in [-0.39, 0.29) is 24.1 Å². The highest BCUT2D eigenvalue weighted by Gasteiger charge is 2.38. The number of nitrogens with zero attached hydrogens (tertiary/aromatic N) is 1. The van der Waals surface area contributed by atoms with Gasteiger partial charge < -0.3 is 19.7 Å². The summed E-state index contributed by atoms with van der Waals surface area (Å²) in [6.45, 7) is 1.99. The molecule has 3 rings (SSSR count). The molecule has 2 atom stereocenters. The lowest BCUT2D eigenvalue weighted by molar-refractivity contribution is -0.149. The lowest BCUT2D eigenvalue weighted by Gasteiger charge is -2.42. The fraction of sp³-hybridized carbons (Fsp3) is 0.467. The minimum Gasteiger partial charge on any atom is -0.497 e. The van der Waals surface area contributed by atoms with E-state index in [1.54, 1.807) is 12.0 Å². The molecule has 1 aromatic carbocycles. The summed E-state index contributed by atoms with van der Waals surface area (Å²) in [4.78, 5) is 25.1. The second-order valence-electron chi connectivity index (χ2n) is 5.35. The normalized spacial score (nSPS) is 23.7. The molecular formula is C15H18N2O4. The molecule has 1 unspecified atom stereocenters. The van der Waals surface area contributed by atoms with Gasteiger partial charge in [0.15, 0.2) is 0 Å². The zero-order valence-corrected chi connectivity index (χ0v) is 12.1. The van der Waals surface area contributed by atoms with E-state index in [1.807, 2.05) is 18.2 Å². The van der Waals surface area contributed by atoms with Gasteiger partial charge in [0.25, 0.3) is 0 Å². The van der Waals surface area contributed by atoms with Gasteiger partial charge in [-0.3, -0.25) is 4.79 Å². The molecule has 2 heterocycles. The summed E-state index contributed by atoms with van der Waals surface area (Å²) >= 11 is 0. The van der Waals surface area contributed by atoms with E-state index in [1.165, 1.54) is 6.92 Å². The summed E-state index contributed by atoms with van der Waals surface area (Å²) in [6.07, 6.45) is 1.14. The molecule has 1 fully saturated rings. The Balaban J connectivity index is 1.92. The highest BCUT2D eigenvalue weighted by molar-refractivity contribution is 5.93. The van der Waals surface area contributed by atoms with Crippen molar-refractivity contribution in [3.05, 3.63) is 23.8 Å². The maximum absolute atomic E-state index is 12.2. The van der Waals surface area contributed by atoms with Crippen molar-refractivity contribution in [1.29, 1.82) is 0 Å². The number of urea groups is 1. The van der Waals surface area contributed by atoms with Gasteiger partial charge in [-0.05, 0) is 18.2 Å². The Labute approximate surface area is 123 Å². The smallest absolute Gasteiger partial charge is 0.322 e. The molecule has 21 heavy (non-hydrogen) atoms. The molecule has 1 saturated heterocycles. The summed E-state index contributed by atoms with van der Waals surface area (Å²) in [5, 5.41) is 2.89. The second kappa shape index (κ2) is 5.27. The third-order valence-electron chi connectivity index (χ3n) is 4.01. The first kappa shape index (κ1) is 13.7. The molecule has 2 aliphatic heterocycles. The predicted molar refractivity (Wildman–Crippen MR) is 76.2 cm³/mol. The molecule has 1 N–H and O–H groups in total.